The first-order valence-electron chi connectivity index (χ1n) is 8.18. The van der Waals surface area contributed by atoms with E-state index in [2.05, 4.69) is 10.3 Å². The van der Waals surface area contributed by atoms with Crippen molar-refractivity contribution in [3.05, 3.63) is 95.6 Å². The standard InChI is InChI=1S/C21H15FN2O2/c22-16-8-4-7-15(12-16)21(25)23-17-9-10-19-18(13-17)24-20(26-19)11-14-5-2-1-3-6-14/h1-10,12-13H,11H2,(H,23,25). The van der Waals surface area contributed by atoms with Gasteiger partial charge in [-0.15, -0.1) is 0 Å². The van der Waals surface area contributed by atoms with Gasteiger partial charge in [-0.2, -0.15) is 0 Å². The minimum Gasteiger partial charge on any atom is -0.440 e. The highest BCUT2D eigenvalue weighted by Gasteiger charge is 2.10. The molecule has 4 aromatic rings. The Hall–Kier alpha value is -3.47. The maximum absolute atomic E-state index is 13.3. The van der Waals surface area contributed by atoms with E-state index in [1.54, 1.807) is 24.3 Å². The zero-order valence-electron chi connectivity index (χ0n) is 13.8. The molecule has 0 unspecified atom stereocenters. The molecule has 0 aliphatic rings. The Balaban J connectivity index is 1.55. The van der Waals surface area contributed by atoms with Gasteiger partial charge in [0.05, 0.1) is 0 Å². The van der Waals surface area contributed by atoms with E-state index in [4.69, 9.17) is 4.42 Å². The summed E-state index contributed by atoms with van der Waals surface area (Å²) in [5, 5.41) is 2.75. The van der Waals surface area contributed by atoms with Crippen LogP contribution in [0, 0.1) is 5.82 Å². The lowest BCUT2D eigenvalue weighted by Crippen LogP contribution is -2.11. The Kier molecular flexibility index (Phi) is 4.19. The van der Waals surface area contributed by atoms with Crippen molar-refractivity contribution in [1.82, 2.24) is 4.98 Å². The van der Waals surface area contributed by atoms with Gasteiger partial charge in [0.2, 0.25) is 0 Å². The second-order valence-corrected chi connectivity index (χ2v) is 5.92. The van der Waals surface area contributed by atoms with Crippen LogP contribution in [0.2, 0.25) is 0 Å². The summed E-state index contributed by atoms with van der Waals surface area (Å²) in [5.74, 6) is -0.216. The zero-order valence-corrected chi connectivity index (χ0v) is 13.8. The van der Waals surface area contributed by atoms with Crippen molar-refractivity contribution < 1.29 is 13.6 Å². The summed E-state index contributed by atoms with van der Waals surface area (Å²) in [6, 6.07) is 20.7. The molecule has 0 fully saturated rings. The van der Waals surface area contributed by atoms with Crippen LogP contribution in [-0.4, -0.2) is 10.9 Å². The van der Waals surface area contributed by atoms with Crippen molar-refractivity contribution in [3.8, 4) is 0 Å². The molecule has 0 spiro atoms. The summed E-state index contributed by atoms with van der Waals surface area (Å²) < 4.78 is 19.0. The maximum Gasteiger partial charge on any atom is 0.255 e. The fraction of sp³-hybridized carbons (Fsp3) is 0.0476. The summed E-state index contributed by atoms with van der Waals surface area (Å²) in [7, 11) is 0. The van der Waals surface area contributed by atoms with Gasteiger partial charge in [-0.1, -0.05) is 36.4 Å². The van der Waals surface area contributed by atoms with E-state index in [0.717, 1.165) is 5.56 Å². The molecule has 0 radical (unpaired) electrons. The van der Waals surface area contributed by atoms with Gasteiger partial charge in [0.15, 0.2) is 11.5 Å². The van der Waals surface area contributed by atoms with Crippen LogP contribution in [0.25, 0.3) is 11.1 Å². The smallest absolute Gasteiger partial charge is 0.255 e. The van der Waals surface area contributed by atoms with Gasteiger partial charge in [-0.05, 0) is 42.0 Å². The normalized spacial score (nSPS) is 10.8. The molecule has 0 saturated carbocycles. The van der Waals surface area contributed by atoms with Gasteiger partial charge < -0.3 is 9.73 Å². The molecule has 4 rings (SSSR count). The highest BCUT2D eigenvalue weighted by atomic mass is 19.1. The van der Waals surface area contributed by atoms with Crippen LogP contribution in [0.1, 0.15) is 21.8 Å². The third kappa shape index (κ3) is 3.47. The van der Waals surface area contributed by atoms with Gasteiger partial charge in [0.1, 0.15) is 11.3 Å². The minimum absolute atomic E-state index is 0.259. The Morgan fingerprint density at radius 1 is 1.00 bits per heavy atom. The van der Waals surface area contributed by atoms with Crippen molar-refractivity contribution in [2.24, 2.45) is 0 Å². The van der Waals surface area contributed by atoms with Crippen molar-refractivity contribution in [1.29, 1.82) is 0 Å². The maximum atomic E-state index is 13.3. The number of anilines is 1. The molecule has 128 valence electrons. The van der Waals surface area contributed by atoms with Crippen molar-refractivity contribution >= 4 is 22.7 Å². The van der Waals surface area contributed by atoms with E-state index in [1.807, 2.05) is 30.3 Å². The van der Waals surface area contributed by atoms with Crippen molar-refractivity contribution in [3.63, 3.8) is 0 Å². The molecule has 0 saturated heterocycles. The Bertz CT molecular complexity index is 1070. The molecule has 3 aromatic carbocycles. The molecule has 0 bridgehead atoms. The van der Waals surface area contributed by atoms with Crippen molar-refractivity contribution in [2.45, 2.75) is 6.42 Å². The lowest BCUT2D eigenvalue weighted by atomic mass is 10.1. The first kappa shape index (κ1) is 16.0. The topological polar surface area (TPSA) is 55.1 Å². The highest BCUT2D eigenvalue weighted by Crippen LogP contribution is 2.22. The predicted molar refractivity (Wildman–Crippen MR) is 97.6 cm³/mol. The minimum atomic E-state index is -0.449. The van der Waals surface area contributed by atoms with Gasteiger partial charge in [0.25, 0.3) is 5.91 Å². The molecule has 0 aliphatic heterocycles. The molecule has 5 heteroatoms. The molecule has 4 nitrogen and oxygen atoms in total. The second kappa shape index (κ2) is 6.80. The molecule has 0 atom stereocenters. The predicted octanol–water partition coefficient (Wildman–Crippen LogP) is 4.81. The lowest BCUT2D eigenvalue weighted by molar-refractivity contribution is 0.102. The van der Waals surface area contributed by atoms with Gasteiger partial charge in [-0.25, -0.2) is 9.37 Å². The van der Waals surface area contributed by atoms with Crippen LogP contribution in [0.3, 0.4) is 0 Å². The number of nitrogens with one attached hydrogen (secondary N) is 1. The largest absolute Gasteiger partial charge is 0.440 e. The first-order chi connectivity index (χ1) is 12.7. The number of hydrogen-bond acceptors (Lipinski definition) is 3. The molecule has 26 heavy (non-hydrogen) atoms. The lowest BCUT2D eigenvalue weighted by Gasteiger charge is -2.04. The third-order valence-corrected chi connectivity index (χ3v) is 3.97. The molecular weight excluding hydrogens is 331 g/mol. The molecule has 1 heterocycles. The number of benzene rings is 3. The fourth-order valence-electron chi connectivity index (χ4n) is 2.73. The molecular formula is C21H15FN2O2. The van der Waals surface area contributed by atoms with E-state index < -0.39 is 5.82 Å². The van der Waals surface area contributed by atoms with E-state index in [-0.39, 0.29) is 11.5 Å². The number of carbonyl (C=O) groups is 1. The number of oxazole rings is 1. The SMILES string of the molecule is O=C(Nc1ccc2oc(Cc3ccccc3)nc2c1)c1cccc(F)c1. The molecule has 1 amide bonds. The van der Waals surface area contributed by atoms with Gasteiger partial charge in [-0.3, -0.25) is 4.79 Å². The number of halogens is 1. The number of amides is 1. The summed E-state index contributed by atoms with van der Waals surface area (Å²) in [6.45, 7) is 0. The van der Waals surface area contributed by atoms with E-state index >= 15 is 0 Å². The number of fused-ring (bicyclic) bond motifs is 1. The highest BCUT2D eigenvalue weighted by molar-refractivity contribution is 6.04. The van der Waals surface area contributed by atoms with Crippen LogP contribution in [0.4, 0.5) is 10.1 Å². The summed E-state index contributed by atoms with van der Waals surface area (Å²) >= 11 is 0. The third-order valence-electron chi connectivity index (χ3n) is 3.97. The monoisotopic (exact) mass is 346 g/mol. The van der Waals surface area contributed by atoms with E-state index in [0.29, 0.717) is 29.1 Å². The van der Waals surface area contributed by atoms with Crippen LogP contribution in [0.5, 0.6) is 0 Å². The Morgan fingerprint density at radius 3 is 2.65 bits per heavy atom. The van der Waals surface area contributed by atoms with Gasteiger partial charge in [0, 0.05) is 17.7 Å². The fourth-order valence-corrected chi connectivity index (χ4v) is 2.73. The molecule has 0 aliphatic carbocycles. The van der Waals surface area contributed by atoms with E-state index in [1.165, 1.54) is 18.2 Å². The summed E-state index contributed by atoms with van der Waals surface area (Å²) in [4.78, 5) is 16.7. The summed E-state index contributed by atoms with van der Waals surface area (Å²) in [6.07, 6.45) is 0.598. The molecule has 1 N–H and O–H groups in total. The van der Waals surface area contributed by atoms with Crippen LogP contribution in [-0.2, 0) is 6.42 Å². The van der Waals surface area contributed by atoms with Crippen LogP contribution in [0.15, 0.2) is 77.2 Å². The van der Waals surface area contributed by atoms with E-state index in [9.17, 15) is 9.18 Å². The number of nitrogens with zero attached hydrogens (tertiary/aromatic N) is 1. The average molecular weight is 346 g/mol. The van der Waals surface area contributed by atoms with Crippen LogP contribution >= 0.6 is 0 Å². The Labute approximate surface area is 149 Å². The Morgan fingerprint density at radius 2 is 1.85 bits per heavy atom. The number of carbonyl (C=O) groups excluding carboxylic acids is 1. The molecule has 1 aromatic heterocycles. The number of aromatic nitrogens is 1. The second-order valence-electron chi connectivity index (χ2n) is 5.92. The van der Waals surface area contributed by atoms with Crippen molar-refractivity contribution in [2.75, 3.05) is 5.32 Å². The number of hydrogen-bond donors (Lipinski definition) is 1. The zero-order chi connectivity index (χ0) is 17.9. The average Bonchev–Trinajstić information content (AvgIpc) is 3.04. The summed E-state index contributed by atoms with van der Waals surface area (Å²) in [5.41, 5.74) is 3.26. The number of rotatable bonds is 4. The quantitative estimate of drug-likeness (QED) is 0.577. The van der Waals surface area contributed by atoms with Gasteiger partial charge >= 0.3 is 0 Å². The first-order valence-corrected chi connectivity index (χ1v) is 8.18. The van der Waals surface area contributed by atoms with Crippen LogP contribution < -0.4 is 5.32 Å².